The predicted molar refractivity (Wildman–Crippen MR) is 93.3 cm³/mol. The summed E-state index contributed by atoms with van der Waals surface area (Å²) in [6, 6.07) is 7.04. The van der Waals surface area contributed by atoms with Crippen molar-refractivity contribution in [2.75, 3.05) is 25.2 Å². The summed E-state index contributed by atoms with van der Waals surface area (Å²) in [5, 5.41) is 7.28. The van der Waals surface area contributed by atoms with Gasteiger partial charge in [-0.1, -0.05) is 0 Å². The maximum absolute atomic E-state index is 12.6. The molecule has 0 atom stereocenters. The fourth-order valence-corrected chi connectivity index (χ4v) is 3.36. The lowest BCUT2D eigenvalue weighted by Crippen LogP contribution is -2.38. The average Bonchev–Trinajstić information content (AvgIpc) is 3.30. The Labute approximate surface area is 150 Å². The fraction of sp³-hybridized carbons (Fsp3) is 0.389. The van der Waals surface area contributed by atoms with Crippen molar-refractivity contribution in [3.8, 4) is 11.5 Å². The number of carbonyl (C=O) groups is 2. The van der Waals surface area contributed by atoms with Gasteiger partial charge in [-0.2, -0.15) is 5.10 Å². The van der Waals surface area contributed by atoms with Crippen molar-refractivity contribution >= 4 is 17.6 Å². The highest BCUT2D eigenvalue weighted by atomic mass is 16.7. The van der Waals surface area contributed by atoms with Crippen LogP contribution in [0.1, 0.15) is 36.2 Å². The summed E-state index contributed by atoms with van der Waals surface area (Å²) in [6.45, 7) is 3.17. The highest BCUT2D eigenvalue weighted by molar-refractivity contribution is 6.04. The maximum Gasteiger partial charge on any atom is 0.256 e. The van der Waals surface area contributed by atoms with Gasteiger partial charge in [-0.25, -0.2) is 4.68 Å². The summed E-state index contributed by atoms with van der Waals surface area (Å²) >= 11 is 0. The number of hydrogen-bond donors (Lipinski definition) is 1. The third-order valence-electron chi connectivity index (χ3n) is 4.80. The van der Waals surface area contributed by atoms with Gasteiger partial charge in [0.05, 0.1) is 12.2 Å². The van der Waals surface area contributed by atoms with Crippen LogP contribution in [0.25, 0.3) is 0 Å². The van der Waals surface area contributed by atoms with E-state index in [0.29, 0.717) is 36.0 Å². The first-order chi connectivity index (χ1) is 12.6. The number of aromatic nitrogens is 2. The standard InChI is InChI=1S/C18H20N4O4/c1-12(23)21-8-5-14(6-9-21)22-17(4-7-19-22)20-18(24)13-2-3-15-16(10-13)26-11-25-15/h2-4,7,10,14H,5-6,8-9,11H2,1H3,(H,20,24). The number of amides is 2. The van der Waals surface area contributed by atoms with Gasteiger partial charge in [-0.05, 0) is 31.0 Å². The number of rotatable bonds is 3. The molecule has 1 aromatic heterocycles. The molecule has 8 heteroatoms. The third kappa shape index (κ3) is 3.10. The first-order valence-electron chi connectivity index (χ1n) is 8.62. The number of fused-ring (bicyclic) bond motifs is 1. The van der Waals surface area contributed by atoms with Crippen LogP contribution in [0.3, 0.4) is 0 Å². The molecule has 0 aliphatic carbocycles. The molecule has 1 saturated heterocycles. The van der Waals surface area contributed by atoms with Gasteiger partial charge in [0.15, 0.2) is 11.5 Å². The minimum atomic E-state index is -0.230. The van der Waals surface area contributed by atoms with Gasteiger partial charge < -0.3 is 19.7 Å². The van der Waals surface area contributed by atoms with E-state index in [1.807, 2.05) is 9.58 Å². The first-order valence-corrected chi connectivity index (χ1v) is 8.62. The number of carbonyl (C=O) groups excluding carboxylic acids is 2. The Kier molecular flexibility index (Phi) is 4.24. The van der Waals surface area contributed by atoms with E-state index in [1.165, 1.54) is 0 Å². The Hall–Kier alpha value is -3.03. The number of nitrogens with one attached hydrogen (secondary N) is 1. The summed E-state index contributed by atoms with van der Waals surface area (Å²) in [6.07, 6.45) is 3.30. The van der Waals surface area contributed by atoms with E-state index in [1.54, 1.807) is 37.4 Å². The van der Waals surface area contributed by atoms with Crippen molar-refractivity contribution < 1.29 is 19.1 Å². The zero-order valence-corrected chi connectivity index (χ0v) is 14.5. The third-order valence-corrected chi connectivity index (χ3v) is 4.80. The molecule has 8 nitrogen and oxygen atoms in total. The quantitative estimate of drug-likeness (QED) is 0.910. The van der Waals surface area contributed by atoms with Crippen molar-refractivity contribution in [2.45, 2.75) is 25.8 Å². The van der Waals surface area contributed by atoms with E-state index < -0.39 is 0 Å². The predicted octanol–water partition coefficient (Wildman–Crippen LogP) is 2.05. The molecule has 3 heterocycles. The fourth-order valence-electron chi connectivity index (χ4n) is 3.36. The lowest BCUT2D eigenvalue weighted by atomic mass is 10.1. The van der Waals surface area contributed by atoms with E-state index in [0.717, 1.165) is 12.8 Å². The van der Waals surface area contributed by atoms with Gasteiger partial charge in [-0.15, -0.1) is 0 Å². The summed E-state index contributed by atoms with van der Waals surface area (Å²) in [5.74, 6) is 1.73. The monoisotopic (exact) mass is 356 g/mol. The SMILES string of the molecule is CC(=O)N1CCC(n2nccc2NC(=O)c2ccc3c(c2)OCO3)CC1. The minimum absolute atomic E-state index is 0.0975. The van der Waals surface area contributed by atoms with Crippen LogP contribution in [0.15, 0.2) is 30.5 Å². The van der Waals surface area contributed by atoms with E-state index in [4.69, 9.17) is 9.47 Å². The zero-order valence-electron chi connectivity index (χ0n) is 14.5. The molecule has 1 N–H and O–H groups in total. The molecule has 2 aliphatic heterocycles. The molecule has 0 bridgehead atoms. The highest BCUT2D eigenvalue weighted by Gasteiger charge is 2.24. The Morgan fingerprint density at radius 3 is 2.69 bits per heavy atom. The van der Waals surface area contributed by atoms with Gasteiger partial charge in [0.1, 0.15) is 5.82 Å². The topological polar surface area (TPSA) is 85.7 Å². The summed E-state index contributed by atoms with van der Waals surface area (Å²) in [4.78, 5) is 25.9. The van der Waals surface area contributed by atoms with Crippen molar-refractivity contribution in [2.24, 2.45) is 0 Å². The second kappa shape index (κ2) is 6.70. The molecule has 0 radical (unpaired) electrons. The molecular weight excluding hydrogens is 336 g/mol. The maximum atomic E-state index is 12.6. The molecule has 1 aromatic carbocycles. The second-order valence-corrected chi connectivity index (χ2v) is 6.42. The number of piperidine rings is 1. The Balaban J connectivity index is 1.46. The second-order valence-electron chi connectivity index (χ2n) is 6.42. The highest BCUT2D eigenvalue weighted by Crippen LogP contribution is 2.33. The smallest absolute Gasteiger partial charge is 0.256 e. The normalized spacial score (nSPS) is 16.6. The zero-order chi connectivity index (χ0) is 18.1. The molecule has 1 fully saturated rings. The van der Waals surface area contributed by atoms with Crippen LogP contribution in [0.2, 0.25) is 0 Å². The Bertz CT molecular complexity index is 839. The average molecular weight is 356 g/mol. The van der Waals surface area contributed by atoms with Crippen LogP contribution in [0, 0.1) is 0 Å². The summed E-state index contributed by atoms with van der Waals surface area (Å²) in [7, 11) is 0. The van der Waals surface area contributed by atoms with Crippen LogP contribution in [0.4, 0.5) is 5.82 Å². The van der Waals surface area contributed by atoms with Crippen LogP contribution < -0.4 is 14.8 Å². The van der Waals surface area contributed by atoms with E-state index >= 15 is 0 Å². The largest absolute Gasteiger partial charge is 0.454 e. The number of nitrogens with zero attached hydrogens (tertiary/aromatic N) is 3. The molecule has 2 aliphatic rings. The van der Waals surface area contributed by atoms with E-state index in [-0.39, 0.29) is 24.6 Å². The molecule has 0 unspecified atom stereocenters. The first kappa shape index (κ1) is 16.4. The Morgan fingerprint density at radius 2 is 1.92 bits per heavy atom. The molecule has 4 rings (SSSR count). The molecule has 0 spiro atoms. The van der Waals surface area contributed by atoms with Gasteiger partial charge in [-0.3, -0.25) is 9.59 Å². The van der Waals surface area contributed by atoms with Gasteiger partial charge in [0, 0.05) is 31.6 Å². The van der Waals surface area contributed by atoms with Crippen molar-refractivity contribution in [3.63, 3.8) is 0 Å². The molecule has 136 valence electrons. The summed E-state index contributed by atoms with van der Waals surface area (Å²) < 4.78 is 12.4. The van der Waals surface area contributed by atoms with Crippen LogP contribution in [-0.2, 0) is 4.79 Å². The summed E-state index contributed by atoms with van der Waals surface area (Å²) in [5.41, 5.74) is 0.494. The van der Waals surface area contributed by atoms with Crippen molar-refractivity contribution in [3.05, 3.63) is 36.0 Å². The van der Waals surface area contributed by atoms with Crippen molar-refractivity contribution in [1.82, 2.24) is 14.7 Å². The van der Waals surface area contributed by atoms with Gasteiger partial charge in [0.2, 0.25) is 12.7 Å². The van der Waals surface area contributed by atoms with E-state index in [2.05, 4.69) is 10.4 Å². The number of likely N-dealkylation sites (tertiary alicyclic amines) is 1. The van der Waals surface area contributed by atoms with Crippen LogP contribution >= 0.6 is 0 Å². The van der Waals surface area contributed by atoms with Crippen molar-refractivity contribution in [1.29, 1.82) is 0 Å². The van der Waals surface area contributed by atoms with Crippen LogP contribution in [0.5, 0.6) is 11.5 Å². The molecule has 26 heavy (non-hydrogen) atoms. The lowest BCUT2D eigenvalue weighted by Gasteiger charge is -2.32. The number of benzene rings is 1. The molecule has 2 aromatic rings. The van der Waals surface area contributed by atoms with Gasteiger partial charge in [0.25, 0.3) is 5.91 Å². The minimum Gasteiger partial charge on any atom is -0.454 e. The Morgan fingerprint density at radius 1 is 1.15 bits per heavy atom. The number of hydrogen-bond acceptors (Lipinski definition) is 5. The number of ether oxygens (including phenoxy) is 2. The van der Waals surface area contributed by atoms with Crippen LogP contribution in [-0.4, -0.2) is 46.4 Å². The van der Waals surface area contributed by atoms with Gasteiger partial charge >= 0.3 is 0 Å². The molecule has 0 saturated carbocycles. The number of anilines is 1. The lowest BCUT2D eigenvalue weighted by molar-refractivity contribution is -0.130. The molecule has 2 amide bonds. The van der Waals surface area contributed by atoms with E-state index in [9.17, 15) is 9.59 Å². The molecular formula is C18H20N4O4.